The van der Waals surface area contributed by atoms with Crippen LogP contribution in [0.25, 0.3) is 0 Å². The Balaban J connectivity index is 0.00000243. The van der Waals surface area contributed by atoms with Crippen LogP contribution < -0.4 is 10.6 Å². The Labute approximate surface area is 176 Å². The Morgan fingerprint density at radius 1 is 1.23 bits per heavy atom. The number of hydrogen-bond acceptors (Lipinski definition) is 5. The van der Waals surface area contributed by atoms with Gasteiger partial charge in [-0.3, -0.25) is 4.68 Å². The zero-order valence-electron chi connectivity index (χ0n) is 15.7. The van der Waals surface area contributed by atoms with Crippen molar-refractivity contribution in [1.82, 2.24) is 19.7 Å². The summed E-state index contributed by atoms with van der Waals surface area (Å²) in [6.45, 7) is 8.51. The van der Waals surface area contributed by atoms with E-state index in [1.165, 1.54) is 11.3 Å². The zero-order valence-corrected chi connectivity index (χ0v) is 18.8. The lowest BCUT2D eigenvalue weighted by molar-refractivity contribution is 0.380. The zero-order chi connectivity index (χ0) is 17.8. The van der Waals surface area contributed by atoms with Crippen molar-refractivity contribution < 1.29 is 0 Å². The van der Waals surface area contributed by atoms with Gasteiger partial charge in [0.25, 0.3) is 0 Å². The summed E-state index contributed by atoms with van der Waals surface area (Å²) in [5.74, 6) is 0.631. The second-order valence-corrected chi connectivity index (χ2v) is 7.04. The van der Waals surface area contributed by atoms with Gasteiger partial charge in [0.15, 0.2) is 11.1 Å². The van der Waals surface area contributed by atoms with Crippen LogP contribution in [-0.2, 0) is 26.4 Å². The Morgan fingerprint density at radius 3 is 2.54 bits per heavy atom. The van der Waals surface area contributed by atoms with Gasteiger partial charge in [-0.1, -0.05) is 13.8 Å². The van der Waals surface area contributed by atoms with E-state index < -0.39 is 0 Å². The number of nitrogens with zero attached hydrogens (tertiary/aromatic N) is 6. The van der Waals surface area contributed by atoms with Gasteiger partial charge in [-0.05, 0) is 12.8 Å². The van der Waals surface area contributed by atoms with Crippen molar-refractivity contribution in [3.05, 3.63) is 28.5 Å². The van der Waals surface area contributed by atoms with E-state index in [0.717, 1.165) is 49.8 Å². The second kappa shape index (κ2) is 9.54. The summed E-state index contributed by atoms with van der Waals surface area (Å²) < 4.78 is 1.98. The molecule has 3 rings (SSSR count). The molecule has 2 N–H and O–H groups in total. The molecule has 0 aliphatic carbocycles. The van der Waals surface area contributed by atoms with Gasteiger partial charge in [-0.2, -0.15) is 5.10 Å². The molecular weight excluding hydrogens is 461 g/mol. The molecule has 0 atom stereocenters. The predicted molar refractivity (Wildman–Crippen MR) is 119 cm³/mol. The highest BCUT2D eigenvalue weighted by Gasteiger charge is 2.20. The molecule has 1 aliphatic rings. The molecule has 1 fully saturated rings. The number of guanidine groups is 1. The lowest BCUT2D eigenvalue weighted by atomic mass is 10.1. The van der Waals surface area contributed by atoms with E-state index in [0.29, 0.717) is 12.5 Å². The minimum absolute atomic E-state index is 0. The fourth-order valence-corrected chi connectivity index (χ4v) is 4.03. The molecule has 0 radical (unpaired) electrons. The molecule has 9 heteroatoms. The van der Waals surface area contributed by atoms with E-state index in [9.17, 15) is 0 Å². The molecule has 0 spiro atoms. The molecule has 0 unspecified atom stereocenters. The fourth-order valence-electron chi connectivity index (χ4n) is 3.33. The molecule has 0 saturated carbocycles. The molecule has 2 aromatic heterocycles. The topological polar surface area (TPSA) is 75.6 Å². The maximum Gasteiger partial charge on any atom is 0.191 e. The van der Waals surface area contributed by atoms with Crippen molar-refractivity contribution in [3.8, 4) is 0 Å². The minimum atomic E-state index is 0. The van der Waals surface area contributed by atoms with Crippen LogP contribution in [0.2, 0.25) is 0 Å². The Morgan fingerprint density at radius 2 is 1.96 bits per heavy atom. The third kappa shape index (κ3) is 4.48. The van der Waals surface area contributed by atoms with Crippen molar-refractivity contribution in [3.63, 3.8) is 0 Å². The van der Waals surface area contributed by atoms with Crippen molar-refractivity contribution in [2.45, 2.75) is 33.2 Å². The normalized spacial score (nSPS) is 15.3. The minimum Gasteiger partial charge on any atom is -0.370 e. The van der Waals surface area contributed by atoms with Crippen molar-refractivity contribution in [1.29, 1.82) is 0 Å². The third-order valence-electron chi connectivity index (χ3n) is 4.72. The predicted octanol–water partition coefficient (Wildman–Crippen LogP) is 2.26. The quantitative estimate of drug-likeness (QED) is 0.396. The average molecular weight is 489 g/mol. The van der Waals surface area contributed by atoms with Gasteiger partial charge >= 0.3 is 0 Å². The standard InChI is InChI=1S/C17H27N7S.HI/c1-4-14-13(15(5-2)22(3)21-14)12-20-16(18)23-7-9-24(10-8-23)17-19-6-11-25-17;/h6,11H,4-5,7-10,12H2,1-3H3,(H2,18,20);1H. The number of halogens is 1. The smallest absolute Gasteiger partial charge is 0.191 e. The highest BCUT2D eigenvalue weighted by Crippen LogP contribution is 2.19. The third-order valence-corrected chi connectivity index (χ3v) is 5.55. The SMILES string of the molecule is CCc1nn(C)c(CC)c1CN=C(N)N1CCN(c2nccs2)CC1.I. The monoisotopic (exact) mass is 489 g/mol. The highest BCUT2D eigenvalue weighted by atomic mass is 127. The average Bonchev–Trinajstić information content (AvgIpc) is 3.27. The summed E-state index contributed by atoms with van der Waals surface area (Å²) in [6, 6.07) is 0. The fraction of sp³-hybridized carbons (Fsp3) is 0.588. The van der Waals surface area contributed by atoms with Gasteiger partial charge in [0.2, 0.25) is 0 Å². The van der Waals surface area contributed by atoms with Crippen LogP contribution in [0.1, 0.15) is 30.8 Å². The highest BCUT2D eigenvalue weighted by molar-refractivity contribution is 14.0. The number of aliphatic imine (C=N–C) groups is 1. The number of aromatic nitrogens is 3. The van der Waals surface area contributed by atoms with Crippen molar-refractivity contribution in [2.24, 2.45) is 17.8 Å². The van der Waals surface area contributed by atoms with Crippen LogP contribution in [0.3, 0.4) is 0 Å². The van der Waals surface area contributed by atoms with Gasteiger partial charge in [-0.25, -0.2) is 9.98 Å². The van der Waals surface area contributed by atoms with Crippen LogP contribution in [0.15, 0.2) is 16.6 Å². The number of aryl methyl sites for hydroxylation is 2. The second-order valence-electron chi connectivity index (χ2n) is 6.17. The number of rotatable bonds is 5. The molecule has 0 bridgehead atoms. The Kier molecular flexibility index (Phi) is 7.69. The van der Waals surface area contributed by atoms with Gasteiger partial charge < -0.3 is 15.5 Å². The molecular formula is C17H28IN7S. The largest absolute Gasteiger partial charge is 0.370 e. The summed E-state index contributed by atoms with van der Waals surface area (Å²) in [7, 11) is 2.01. The maximum atomic E-state index is 6.27. The van der Waals surface area contributed by atoms with E-state index in [1.807, 2.05) is 23.3 Å². The molecule has 144 valence electrons. The number of thiazole rings is 1. The van der Waals surface area contributed by atoms with E-state index in [2.05, 4.69) is 38.7 Å². The summed E-state index contributed by atoms with van der Waals surface area (Å²) in [6.07, 6.45) is 3.73. The summed E-state index contributed by atoms with van der Waals surface area (Å²) in [4.78, 5) is 13.5. The number of anilines is 1. The first-order valence-electron chi connectivity index (χ1n) is 8.86. The van der Waals surface area contributed by atoms with Gasteiger partial charge in [-0.15, -0.1) is 35.3 Å². The van der Waals surface area contributed by atoms with Crippen LogP contribution >= 0.6 is 35.3 Å². The molecule has 2 aromatic rings. The molecule has 3 heterocycles. The van der Waals surface area contributed by atoms with E-state index >= 15 is 0 Å². The summed E-state index contributed by atoms with van der Waals surface area (Å²) in [5.41, 5.74) is 9.88. The van der Waals surface area contributed by atoms with Gasteiger partial charge in [0, 0.05) is 56.1 Å². The van der Waals surface area contributed by atoms with Crippen molar-refractivity contribution in [2.75, 3.05) is 31.1 Å². The molecule has 1 saturated heterocycles. The number of piperazine rings is 1. The summed E-state index contributed by atoms with van der Waals surface area (Å²) >= 11 is 1.68. The van der Waals surface area contributed by atoms with Gasteiger partial charge in [0.1, 0.15) is 0 Å². The Bertz CT molecular complexity index is 718. The van der Waals surface area contributed by atoms with Gasteiger partial charge in [0.05, 0.1) is 12.2 Å². The van der Waals surface area contributed by atoms with Crippen LogP contribution in [0, 0.1) is 0 Å². The number of nitrogens with two attached hydrogens (primary N) is 1. The first-order chi connectivity index (χ1) is 12.1. The summed E-state index contributed by atoms with van der Waals surface area (Å²) in [5, 5.41) is 7.71. The first kappa shape index (κ1) is 20.9. The Hall–Kier alpha value is -1.36. The molecule has 26 heavy (non-hydrogen) atoms. The maximum absolute atomic E-state index is 6.27. The first-order valence-corrected chi connectivity index (χ1v) is 9.74. The van der Waals surface area contributed by atoms with Crippen LogP contribution in [-0.4, -0.2) is 51.8 Å². The molecule has 7 nitrogen and oxygen atoms in total. The molecule has 0 amide bonds. The van der Waals surface area contributed by atoms with Crippen LogP contribution in [0.5, 0.6) is 0 Å². The van der Waals surface area contributed by atoms with E-state index in [-0.39, 0.29) is 24.0 Å². The number of hydrogen-bond donors (Lipinski definition) is 1. The molecule has 0 aromatic carbocycles. The van der Waals surface area contributed by atoms with E-state index in [1.54, 1.807) is 11.3 Å². The van der Waals surface area contributed by atoms with Crippen LogP contribution in [0.4, 0.5) is 5.13 Å². The molecule has 1 aliphatic heterocycles. The van der Waals surface area contributed by atoms with E-state index in [4.69, 9.17) is 5.73 Å². The lowest BCUT2D eigenvalue weighted by Gasteiger charge is -2.35. The lowest BCUT2D eigenvalue weighted by Crippen LogP contribution is -2.51. The van der Waals surface area contributed by atoms with Crippen molar-refractivity contribution >= 4 is 46.4 Å².